The number of carboxylic acid groups (broad SMARTS) is 1. The lowest BCUT2D eigenvalue weighted by atomic mass is 9.90. The molecule has 1 amide bonds. The van der Waals surface area contributed by atoms with Gasteiger partial charge >= 0.3 is 5.97 Å². The van der Waals surface area contributed by atoms with Crippen LogP contribution in [-0.2, 0) is 24.3 Å². The highest BCUT2D eigenvalue weighted by atomic mass is 32.2. The summed E-state index contributed by atoms with van der Waals surface area (Å²) >= 11 is 0. The fourth-order valence-electron chi connectivity index (χ4n) is 2.10. The molecule has 0 spiro atoms. The van der Waals surface area contributed by atoms with Gasteiger partial charge < -0.3 is 14.7 Å². The Hall–Kier alpha value is -1.19. The molecule has 8 nitrogen and oxygen atoms in total. The molecule has 0 radical (unpaired) electrons. The Morgan fingerprint density at radius 2 is 2.10 bits per heavy atom. The normalized spacial score (nSPS) is 22.5. The van der Waals surface area contributed by atoms with E-state index >= 15 is 0 Å². The van der Waals surface area contributed by atoms with Crippen molar-refractivity contribution in [1.29, 1.82) is 0 Å². The number of hydrogen-bond donors (Lipinski definition) is 2. The number of carboxylic acids is 1. The zero-order chi connectivity index (χ0) is 16.1. The Labute approximate surface area is 124 Å². The number of hydrogen-bond acceptors (Lipinski definition) is 5. The van der Waals surface area contributed by atoms with Crippen LogP contribution in [0.25, 0.3) is 0 Å². The van der Waals surface area contributed by atoms with Gasteiger partial charge in [-0.3, -0.25) is 9.59 Å². The van der Waals surface area contributed by atoms with Gasteiger partial charge in [0.05, 0.1) is 17.7 Å². The van der Waals surface area contributed by atoms with Crippen LogP contribution in [0.4, 0.5) is 0 Å². The smallest absolute Gasteiger partial charge is 0.311 e. The molecular weight excluding hydrogens is 300 g/mol. The van der Waals surface area contributed by atoms with Gasteiger partial charge in [0.2, 0.25) is 15.9 Å². The maximum Gasteiger partial charge on any atom is 0.311 e. The standard InChI is InChI=1S/C12H22N2O6S/c1-12(11(16)17)4-5-14(9-12)10(15)8-13-21(18,19)7-3-6-20-2/h13H,3-9H2,1-2H3,(H,16,17). The van der Waals surface area contributed by atoms with Crippen LogP contribution in [0.2, 0.25) is 0 Å². The van der Waals surface area contributed by atoms with E-state index < -0.39 is 27.3 Å². The molecule has 1 unspecified atom stereocenters. The predicted molar refractivity (Wildman–Crippen MR) is 75.2 cm³/mol. The zero-order valence-electron chi connectivity index (χ0n) is 12.3. The van der Waals surface area contributed by atoms with Gasteiger partial charge in [-0.1, -0.05) is 0 Å². The van der Waals surface area contributed by atoms with E-state index in [1.165, 1.54) is 12.0 Å². The molecule has 0 saturated carbocycles. The number of amides is 1. The summed E-state index contributed by atoms with van der Waals surface area (Å²) in [6, 6.07) is 0. The van der Waals surface area contributed by atoms with E-state index in [-0.39, 0.29) is 18.8 Å². The SMILES string of the molecule is COCCCS(=O)(=O)NCC(=O)N1CCC(C)(C(=O)O)C1. The molecule has 1 aliphatic rings. The summed E-state index contributed by atoms with van der Waals surface area (Å²) in [4.78, 5) is 24.4. The third-order valence-electron chi connectivity index (χ3n) is 3.55. The minimum absolute atomic E-state index is 0.104. The van der Waals surface area contributed by atoms with Crippen LogP contribution in [0.15, 0.2) is 0 Å². The molecule has 0 aromatic heterocycles. The molecule has 21 heavy (non-hydrogen) atoms. The lowest BCUT2D eigenvalue weighted by Crippen LogP contribution is -2.41. The average Bonchev–Trinajstić information content (AvgIpc) is 2.80. The molecule has 1 atom stereocenters. The molecule has 9 heteroatoms. The van der Waals surface area contributed by atoms with Crippen molar-refractivity contribution in [1.82, 2.24) is 9.62 Å². The van der Waals surface area contributed by atoms with E-state index in [1.807, 2.05) is 0 Å². The maximum absolute atomic E-state index is 11.9. The quantitative estimate of drug-likeness (QED) is 0.569. The Morgan fingerprint density at radius 1 is 1.43 bits per heavy atom. The number of ether oxygens (including phenoxy) is 1. The topological polar surface area (TPSA) is 113 Å². The number of methoxy groups -OCH3 is 1. The summed E-state index contributed by atoms with van der Waals surface area (Å²) in [5, 5.41) is 9.09. The van der Waals surface area contributed by atoms with E-state index in [0.29, 0.717) is 26.0 Å². The summed E-state index contributed by atoms with van der Waals surface area (Å²) in [7, 11) is -2.03. The van der Waals surface area contributed by atoms with Gasteiger partial charge in [0.15, 0.2) is 0 Å². The second-order valence-electron chi connectivity index (χ2n) is 5.42. The summed E-state index contributed by atoms with van der Waals surface area (Å²) in [6.07, 6.45) is 0.718. The molecule has 122 valence electrons. The van der Waals surface area contributed by atoms with Crippen molar-refractivity contribution >= 4 is 21.9 Å². The minimum Gasteiger partial charge on any atom is -0.481 e. The van der Waals surface area contributed by atoms with Gasteiger partial charge in [-0.25, -0.2) is 13.1 Å². The molecular formula is C12H22N2O6S. The first-order valence-electron chi connectivity index (χ1n) is 6.68. The summed E-state index contributed by atoms with van der Waals surface area (Å²) < 4.78 is 30.3. The Bertz CT molecular complexity index is 492. The zero-order valence-corrected chi connectivity index (χ0v) is 13.1. The van der Waals surface area contributed by atoms with Crippen LogP contribution >= 0.6 is 0 Å². The number of likely N-dealkylation sites (tertiary alicyclic amines) is 1. The van der Waals surface area contributed by atoms with Crippen molar-refractivity contribution in [2.75, 3.05) is 39.1 Å². The molecule has 0 aromatic rings. The molecule has 1 aliphatic heterocycles. The highest BCUT2D eigenvalue weighted by molar-refractivity contribution is 7.89. The first-order valence-corrected chi connectivity index (χ1v) is 8.33. The Kier molecular flexibility index (Phi) is 6.11. The lowest BCUT2D eigenvalue weighted by molar-refractivity contribution is -0.147. The number of sulfonamides is 1. The van der Waals surface area contributed by atoms with Gasteiger partial charge in [0, 0.05) is 26.8 Å². The van der Waals surface area contributed by atoms with Crippen molar-refractivity contribution in [2.24, 2.45) is 5.41 Å². The van der Waals surface area contributed by atoms with Crippen LogP contribution in [-0.4, -0.2) is 69.4 Å². The Morgan fingerprint density at radius 3 is 2.62 bits per heavy atom. The van der Waals surface area contributed by atoms with E-state index in [1.54, 1.807) is 6.92 Å². The number of carbonyl (C=O) groups excluding carboxylic acids is 1. The van der Waals surface area contributed by atoms with Crippen LogP contribution in [0.3, 0.4) is 0 Å². The van der Waals surface area contributed by atoms with E-state index in [2.05, 4.69) is 4.72 Å². The fraction of sp³-hybridized carbons (Fsp3) is 0.833. The van der Waals surface area contributed by atoms with Crippen LogP contribution in [0.1, 0.15) is 19.8 Å². The predicted octanol–water partition coefficient (Wildman–Crippen LogP) is -0.734. The van der Waals surface area contributed by atoms with Crippen molar-refractivity contribution < 1.29 is 27.9 Å². The molecule has 1 fully saturated rings. The summed E-state index contributed by atoms with van der Waals surface area (Å²) in [6.45, 7) is 2.00. The number of nitrogens with zero attached hydrogens (tertiary/aromatic N) is 1. The second kappa shape index (κ2) is 7.19. The first kappa shape index (κ1) is 17.9. The largest absolute Gasteiger partial charge is 0.481 e. The van der Waals surface area contributed by atoms with Crippen molar-refractivity contribution in [2.45, 2.75) is 19.8 Å². The molecule has 0 bridgehead atoms. The van der Waals surface area contributed by atoms with Gasteiger partial charge in [-0.15, -0.1) is 0 Å². The third kappa shape index (κ3) is 5.25. The summed E-state index contributed by atoms with van der Waals surface area (Å²) in [5.74, 6) is -1.46. The first-order chi connectivity index (χ1) is 9.70. The number of nitrogens with one attached hydrogen (secondary N) is 1. The lowest BCUT2D eigenvalue weighted by Gasteiger charge is -2.20. The molecule has 2 N–H and O–H groups in total. The number of aliphatic carboxylic acids is 1. The second-order valence-corrected chi connectivity index (χ2v) is 7.34. The van der Waals surface area contributed by atoms with Crippen LogP contribution < -0.4 is 4.72 Å². The van der Waals surface area contributed by atoms with Gasteiger partial charge in [0.1, 0.15) is 0 Å². The highest BCUT2D eigenvalue weighted by Crippen LogP contribution is 2.29. The molecule has 1 saturated heterocycles. The van der Waals surface area contributed by atoms with E-state index in [4.69, 9.17) is 9.84 Å². The Balaban J connectivity index is 2.43. The van der Waals surface area contributed by atoms with Crippen molar-refractivity contribution in [3.8, 4) is 0 Å². The number of carbonyl (C=O) groups is 2. The number of rotatable bonds is 8. The van der Waals surface area contributed by atoms with Crippen molar-refractivity contribution in [3.05, 3.63) is 0 Å². The molecule has 0 aromatic carbocycles. The molecule has 0 aliphatic carbocycles. The van der Waals surface area contributed by atoms with Crippen LogP contribution in [0, 0.1) is 5.41 Å². The monoisotopic (exact) mass is 322 g/mol. The van der Waals surface area contributed by atoms with Crippen LogP contribution in [0.5, 0.6) is 0 Å². The maximum atomic E-state index is 11.9. The van der Waals surface area contributed by atoms with Crippen molar-refractivity contribution in [3.63, 3.8) is 0 Å². The third-order valence-corrected chi connectivity index (χ3v) is 4.96. The highest BCUT2D eigenvalue weighted by Gasteiger charge is 2.42. The fourth-order valence-corrected chi connectivity index (χ4v) is 3.08. The van der Waals surface area contributed by atoms with Gasteiger partial charge in [0.25, 0.3) is 0 Å². The molecule has 1 rings (SSSR count). The average molecular weight is 322 g/mol. The van der Waals surface area contributed by atoms with E-state index in [9.17, 15) is 18.0 Å². The van der Waals surface area contributed by atoms with E-state index in [0.717, 1.165) is 0 Å². The summed E-state index contributed by atoms with van der Waals surface area (Å²) in [5.41, 5.74) is -0.951. The van der Waals surface area contributed by atoms with Gasteiger partial charge in [-0.2, -0.15) is 0 Å². The molecule has 1 heterocycles. The van der Waals surface area contributed by atoms with Gasteiger partial charge in [-0.05, 0) is 19.8 Å². The minimum atomic E-state index is -3.52.